The summed E-state index contributed by atoms with van der Waals surface area (Å²) >= 11 is 0. The van der Waals surface area contributed by atoms with Crippen molar-refractivity contribution in [1.82, 2.24) is 24.5 Å². The molecular weight excluding hydrogens is 440 g/mol. The minimum absolute atomic E-state index is 0.182. The van der Waals surface area contributed by atoms with Crippen LogP contribution in [0.1, 0.15) is 21.6 Å². The number of nitrogens with one attached hydrogen (secondary N) is 1. The molecular formula is C27H24N6O2. The summed E-state index contributed by atoms with van der Waals surface area (Å²) in [4.78, 5) is 16.7. The van der Waals surface area contributed by atoms with Crippen molar-refractivity contribution in [1.29, 1.82) is 0 Å². The number of nitrogens with zero attached hydrogens (tertiary/aromatic N) is 5. The summed E-state index contributed by atoms with van der Waals surface area (Å²) in [6.45, 7) is 2.80. The number of amides is 1. The number of carbonyl (C=O) groups excluding carboxylic acids is 1. The molecule has 174 valence electrons. The van der Waals surface area contributed by atoms with Crippen LogP contribution in [-0.2, 0) is 13.3 Å². The summed E-state index contributed by atoms with van der Waals surface area (Å²) in [5, 5.41) is 11.3. The molecule has 2 heterocycles. The zero-order chi connectivity index (χ0) is 24.0. The normalized spacial score (nSPS) is 10.8. The molecule has 0 bridgehead atoms. The first-order valence-electron chi connectivity index (χ1n) is 11.2. The van der Waals surface area contributed by atoms with Crippen molar-refractivity contribution in [2.75, 3.05) is 5.32 Å². The summed E-state index contributed by atoms with van der Waals surface area (Å²) in [5.74, 6) is 0.561. The highest BCUT2D eigenvalue weighted by atomic mass is 16.5. The Balaban J connectivity index is 1.15. The predicted molar refractivity (Wildman–Crippen MR) is 133 cm³/mol. The monoisotopic (exact) mass is 464 g/mol. The zero-order valence-corrected chi connectivity index (χ0v) is 19.2. The van der Waals surface area contributed by atoms with Gasteiger partial charge in [0.15, 0.2) is 12.4 Å². The number of anilines is 1. The van der Waals surface area contributed by atoms with Gasteiger partial charge < -0.3 is 4.74 Å². The SMILES string of the molecule is Cc1cccc(Cn2cnc(NC(=O)c3ccn(COc4ccc(-c5ccccc5)cc4)n3)n2)c1. The molecule has 8 nitrogen and oxygen atoms in total. The number of aryl methyl sites for hydroxylation is 1. The molecule has 0 aliphatic heterocycles. The van der Waals surface area contributed by atoms with E-state index in [0.29, 0.717) is 6.54 Å². The van der Waals surface area contributed by atoms with E-state index in [9.17, 15) is 4.79 Å². The van der Waals surface area contributed by atoms with Crippen molar-refractivity contribution in [3.8, 4) is 16.9 Å². The molecule has 2 aromatic heterocycles. The van der Waals surface area contributed by atoms with Gasteiger partial charge in [0.05, 0.1) is 6.54 Å². The van der Waals surface area contributed by atoms with Crippen LogP contribution in [0.15, 0.2) is 97.5 Å². The van der Waals surface area contributed by atoms with Crippen LogP contribution in [0.25, 0.3) is 11.1 Å². The molecule has 5 aromatic rings. The zero-order valence-electron chi connectivity index (χ0n) is 19.2. The Morgan fingerprint density at radius 3 is 2.49 bits per heavy atom. The summed E-state index contributed by atoms with van der Waals surface area (Å²) in [6, 6.07) is 27.8. The van der Waals surface area contributed by atoms with Gasteiger partial charge in [-0.1, -0.05) is 72.3 Å². The van der Waals surface area contributed by atoms with Gasteiger partial charge in [0.25, 0.3) is 5.91 Å². The quantitative estimate of drug-likeness (QED) is 0.357. The van der Waals surface area contributed by atoms with Gasteiger partial charge in [-0.25, -0.2) is 14.3 Å². The van der Waals surface area contributed by atoms with Gasteiger partial charge in [0.1, 0.15) is 12.1 Å². The van der Waals surface area contributed by atoms with E-state index in [1.165, 1.54) is 5.56 Å². The molecule has 35 heavy (non-hydrogen) atoms. The Morgan fingerprint density at radius 2 is 1.69 bits per heavy atom. The van der Waals surface area contributed by atoms with Crippen LogP contribution in [0.3, 0.4) is 0 Å². The van der Waals surface area contributed by atoms with E-state index >= 15 is 0 Å². The standard InChI is InChI=1S/C27H24N6O2/c1-20-6-5-7-21(16-20)17-33-18-28-27(31-33)29-26(34)25-14-15-32(30-25)19-35-24-12-10-23(11-13-24)22-8-3-2-4-9-22/h2-16,18H,17,19H2,1H3,(H,29,31,34). The molecule has 3 aromatic carbocycles. The smallest absolute Gasteiger partial charge is 0.278 e. The Kier molecular flexibility index (Phi) is 6.34. The van der Waals surface area contributed by atoms with E-state index in [2.05, 4.69) is 38.7 Å². The van der Waals surface area contributed by atoms with Crippen LogP contribution in [0.4, 0.5) is 5.95 Å². The van der Waals surface area contributed by atoms with E-state index in [4.69, 9.17) is 4.74 Å². The third-order valence-corrected chi connectivity index (χ3v) is 5.39. The maximum atomic E-state index is 12.6. The van der Waals surface area contributed by atoms with Gasteiger partial charge in [-0.15, -0.1) is 5.10 Å². The number of benzene rings is 3. The third-order valence-electron chi connectivity index (χ3n) is 5.39. The Labute approximate surface area is 202 Å². The highest BCUT2D eigenvalue weighted by Crippen LogP contribution is 2.22. The van der Waals surface area contributed by atoms with Gasteiger partial charge in [0, 0.05) is 6.20 Å². The largest absolute Gasteiger partial charge is 0.471 e. The third kappa shape index (κ3) is 5.62. The number of aromatic nitrogens is 5. The minimum Gasteiger partial charge on any atom is -0.471 e. The maximum Gasteiger partial charge on any atom is 0.278 e. The lowest BCUT2D eigenvalue weighted by Gasteiger charge is -2.07. The number of ether oxygens (including phenoxy) is 1. The van der Waals surface area contributed by atoms with Gasteiger partial charge in [-0.2, -0.15) is 5.10 Å². The minimum atomic E-state index is -0.385. The first-order valence-corrected chi connectivity index (χ1v) is 11.2. The molecule has 0 saturated carbocycles. The van der Waals surface area contributed by atoms with Crippen molar-refractivity contribution in [2.45, 2.75) is 20.2 Å². The van der Waals surface area contributed by atoms with Crippen molar-refractivity contribution < 1.29 is 9.53 Å². The van der Waals surface area contributed by atoms with E-state index < -0.39 is 0 Å². The van der Waals surface area contributed by atoms with Gasteiger partial charge in [0.2, 0.25) is 5.95 Å². The first-order chi connectivity index (χ1) is 17.1. The first kappa shape index (κ1) is 22.1. The second-order valence-electron chi connectivity index (χ2n) is 8.11. The maximum absolute atomic E-state index is 12.6. The fourth-order valence-electron chi connectivity index (χ4n) is 3.66. The number of hydrogen-bond acceptors (Lipinski definition) is 5. The van der Waals surface area contributed by atoms with Gasteiger partial charge in [-0.3, -0.25) is 10.1 Å². The summed E-state index contributed by atoms with van der Waals surface area (Å²) in [7, 11) is 0. The second-order valence-corrected chi connectivity index (χ2v) is 8.11. The molecule has 0 spiro atoms. The number of carbonyl (C=O) groups is 1. The molecule has 0 atom stereocenters. The average Bonchev–Trinajstić information content (AvgIpc) is 3.53. The van der Waals surface area contributed by atoms with E-state index in [-0.39, 0.29) is 24.3 Å². The number of rotatable bonds is 8. The van der Waals surface area contributed by atoms with Crippen LogP contribution in [0.2, 0.25) is 0 Å². The lowest BCUT2D eigenvalue weighted by molar-refractivity contribution is 0.101. The molecule has 0 aliphatic rings. The summed E-state index contributed by atoms with van der Waals surface area (Å²) in [6.07, 6.45) is 3.28. The molecule has 0 unspecified atom stereocenters. The molecule has 0 aliphatic carbocycles. The van der Waals surface area contributed by atoms with E-state index in [1.54, 1.807) is 28.0 Å². The fraction of sp³-hybridized carbons (Fsp3) is 0.111. The van der Waals surface area contributed by atoms with E-state index in [1.807, 2.05) is 67.6 Å². The van der Waals surface area contributed by atoms with E-state index in [0.717, 1.165) is 22.4 Å². The van der Waals surface area contributed by atoms with Gasteiger partial charge in [-0.05, 0) is 41.8 Å². The van der Waals surface area contributed by atoms with Crippen LogP contribution >= 0.6 is 0 Å². The Bertz CT molecular complexity index is 1420. The van der Waals surface area contributed by atoms with Crippen molar-refractivity contribution in [3.05, 3.63) is 114 Å². The van der Waals surface area contributed by atoms with Crippen molar-refractivity contribution in [3.63, 3.8) is 0 Å². The van der Waals surface area contributed by atoms with Crippen molar-refractivity contribution >= 4 is 11.9 Å². The van der Waals surface area contributed by atoms with Crippen LogP contribution in [0.5, 0.6) is 5.75 Å². The van der Waals surface area contributed by atoms with Crippen molar-refractivity contribution in [2.24, 2.45) is 0 Å². The Morgan fingerprint density at radius 1 is 0.886 bits per heavy atom. The number of hydrogen-bond donors (Lipinski definition) is 1. The van der Waals surface area contributed by atoms with Gasteiger partial charge >= 0.3 is 0 Å². The molecule has 5 rings (SSSR count). The topological polar surface area (TPSA) is 86.9 Å². The second kappa shape index (κ2) is 10.0. The lowest BCUT2D eigenvalue weighted by Crippen LogP contribution is -2.15. The highest BCUT2D eigenvalue weighted by Gasteiger charge is 2.13. The molecule has 0 fully saturated rings. The van der Waals surface area contributed by atoms with Crippen LogP contribution < -0.4 is 10.1 Å². The summed E-state index contributed by atoms with van der Waals surface area (Å²) < 4.78 is 9.04. The lowest BCUT2D eigenvalue weighted by atomic mass is 10.1. The Hall–Kier alpha value is -4.72. The molecule has 0 saturated heterocycles. The molecule has 1 amide bonds. The average molecular weight is 465 g/mol. The molecule has 8 heteroatoms. The molecule has 1 N–H and O–H groups in total. The van der Waals surface area contributed by atoms with Crippen LogP contribution in [0, 0.1) is 6.92 Å². The summed E-state index contributed by atoms with van der Waals surface area (Å²) in [5.41, 5.74) is 4.81. The van der Waals surface area contributed by atoms with Crippen LogP contribution in [-0.4, -0.2) is 30.5 Å². The highest BCUT2D eigenvalue weighted by molar-refractivity contribution is 6.01. The fourth-order valence-corrected chi connectivity index (χ4v) is 3.66. The molecule has 0 radical (unpaired) electrons. The predicted octanol–water partition coefficient (Wildman–Crippen LogP) is 4.79.